The number of nitrogens with zero attached hydrogens (tertiary/aromatic N) is 2. The number of amides is 2. The van der Waals surface area contributed by atoms with E-state index in [0.29, 0.717) is 18.0 Å². The molecule has 0 aromatic heterocycles. The number of carbonyl (C=O) groups is 2. The van der Waals surface area contributed by atoms with Gasteiger partial charge in [-0.1, -0.05) is 36.7 Å². The molecule has 0 aliphatic heterocycles. The lowest BCUT2D eigenvalue weighted by molar-refractivity contribution is -0.138. The van der Waals surface area contributed by atoms with Gasteiger partial charge in [0.15, 0.2) is 0 Å². The van der Waals surface area contributed by atoms with E-state index in [-0.39, 0.29) is 18.6 Å². The number of carboxylic acid groups (broad SMARTS) is 1. The average Bonchev–Trinajstić information content (AvgIpc) is 2.45. The Morgan fingerprint density at radius 1 is 1.33 bits per heavy atom. The highest BCUT2D eigenvalue weighted by Gasteiger charge is 2.24. The average molecular weight is 313 g/mol. The molecule has 0 spiro atoms. The van der Waals surface area contributed by atoms with Gasteiger partial charge in [-0.25, -0.2) is 4.79 Å². The van der Waals surface area contributed by atoms with Crippen LogP contribution in [0, 0.1) is 0 Å². The van der Waals surface area contributed by atoms with Crippen LogP contribution in [0.1, 0.15) is 25.8 Å². The van der Waals surface area contributed by atoms with Crippen LogP contribution in [-0.2, 0) is 11.3 Å². The number of halogens is 1. The van der Waals surface area contributed by atoms with Crippen LogP contribution in [0.15, 0.2) is 24.3 Å². The van der Waals surface area contributed by atoms with E-state index >= 15 is 0 Å². The minimum absolute atomic E-state index is 0.137. The maximum atomic E-state index is 12.4. The third-order valence-electron chi connectivity index (χ3n) is 3.37. The van der Waals surface area contributed by atoms with Crippen molar-refractivity contribution in [1.29, 1.82) is 0 Å². The number of carboxylic acids is 1. The second-order valence-corrected chi connectivity index (χ2v) is 5.42. The maximum absolute atomic E-state index is 12.4. The maximum Gasteiger partial charge on any atom is 0.323 e. The summed E-state index contributed by atoms with van der Waals surface area (Å²) in [7, 11) is 1.64. The predicted molar refractivity (Wildman–Crippen MR) is 82.4 cm³/mol. The molecule has 1 atom stereocenters. The summed E-state index contributed by atoms with van der Waals surface area (Å²) in [5.74, 6) is -1.02. The zero-order valence-electron chi connectivity index (χ0n) is 12.5. The molecule has 0 aliphatic rings. The fourth-order valence-corrected chi connectivity index (χ4v) is 2.14. The lowest BCUT2D eigenvalue weighted by Gasteiger charge is -2.31. The van der Waals surface area contributed by atoms with Gasteiger partial charge in [0.1, 0.15) is 6.54 Å². The minimum Gasteiger partial charge on any atom is -0.480 e. The molecule has 116 valence electrons. The number of benzene rings is 1. The van der Waals surface area contributed by atoms with Gasteiger partial charge in [-0.05, 0) is 25.0 Å². The molecule has 0 aliphatic carbocycles. The van der Waals surface area contributed by atoms with Gasteiger partial charge in [-0.2, -0.15) is 0 Å². The number of hydrogen-bond acceptors (Lipinski definition) is 2. The van der Waals surface area contributed by atoms with Gasteiger partial charge in [0.2, 0.25) is 0 Å². The molecule has 0 bridgehead atoms. The molecule has 0 radical (unpaired) electrons. The second-order valence-electron chi connectivity index (χ2n) is 5.01. The highest BCUT2D eigenvalue weighted by molar-refractivity contribution is 6.31. The quantitative estimate of drug-likeness (QED) is 0.878. The van der Waals surface area contributed by atoms with Crippen molar-refractivity contribution < 1.29 is 14.7 Å². The summed E-state index contributed by atoms with van der Waals surface area (Å²) in [4.78, 5) is 26.2. The SMILES string of the molecule is CCC(C)N(CC(=O)O)C(=O)N(C)Cc1ccccc1Cl. The van der Waals surface area contributed by atoms with E-state index < -0.39 is 5.97 Å². The third kappa shape index (κ3) is 4.93. The molecule has 1 unspecified atom stereocenters. The Bertz CT molecular complexity index is 507. The van der Waals surface area contributed by atoms with Crippen molar-refractivity contribution in [3.05, 3.63) is 34.9 Å². The lowest BCUT2D eigenvalue weighted by atomic mass is 10.2. The Labute approximate surface area is 130 Å². The number of urea groups is 1. The molecule has 5 nitrogen and oxygen atoms in total. The minimum atomic E-state index is -1.02. The molecule has 1 aromatic rings. The molecular weight excluding hydrogens is 292 g/mol. The van der Waals surface area contributed by atoms with E-state index in [0.717, 1.165) is 5.56 Å². The van der Waals surface area contributed by atoms with E-state index in [1.165, 1.54) is 9.80 Å². The third-order valence-corrected chi connectivity index (χ3v) is 3.73. The summed E-state index contributed by atoms with van der Waals surface area (Å²) in [5.41, 5.74) is 0.828. The van der Waals surface area contributed by atoms with Crippen molar-refractivity contribution in [3.63, 3.8) is 0 Å². The van der Waals surface area contributed by atoms with E-state index in [1.54, 1.807) is 13.1 Å². The first-order chi connectivity index (χ1) is 9.86. The van der Waals surface area contributed by atoms with Crippen LogP contribution in [0.2, 0.25) is 5.02 Å². The fourth-order valence-electron chi connectivity index (χ4n) is 1.95. The molecule has 0 saturated carbocycles. The molecule has 0 saturated heterocycles. The van der Waals surface area contributed by atoms with Crippen molar-refractivity contribution in [2.45, 2.75) is 32.9 Å². The number of rotatable bonds is 6. The standard InChI is InChI=1S/C15H21ClN2O3/c1-4-11(2)18(10-14(19)20)15(21)17(3)9-12-7-5-6-8-13(12)16/h5-8,11H,4,9-10H2,1-3H3,(H,19,20). The van der Waals surface area contributed by atoms with Gasteiger partial charge in [0.05, 0.1) is 0 Å². The largest absolute Gasteiger partial charge is 0.480 e. The molecular formula is C15H21ClN2O3. The van der Waals surface area contributed by atoms with Gasteiger partial charge in [0.25, 0.3) is 0 Å². The van der Waals surface area contributed by atoms with Gasteiger partial charge >= 0.3 is 12.0 Å². The monoisotopic (exact) mass is 312 g/mol. The van der Waals surface area contributed by atoms with Crippen molar-refractivity contribution in [1.82, 2.24) is 9.80 Å². The summed E-state index contributed by atoms with van der Waals surface area (Å²) < 4.78 is 0. The first kappa shape index (κ1) is 17.3. The number of hydrogen-bond donors (Lipinski definition) is 1. The second kappa shape index (κ2) is 7.88. The fraction of sp³-hybridized carbons (Fsp3) is 0.467. The van der Waals surface area contributed by atoms with Gasteiger partial charge in [-0.15, -0.1) is 0 Å². The Morgan fingerprint density at radius 2 is 1.95 bits per heavy atom. The molecule has 1 rings (SSSR count). The first-order valence-corrected chi connectivity index (χ1v) is 7.21. The molecule has 0 fully saturated rings. The van der Waals surface area contributed by atoms with Gasteiger partial charge in [0, 0.05) is 24.7 Å². The Hall–Kier alpha value is -1.75. The predicted octanol–water partition coefficient (Wildman–Crippen LogP) is 3.08. The summed E-state index contributed by atoms with van der Waals surface area (Å²) in [6, 6.07) is 6.83. The van der Waals surface area contributed by atoms with Crippen LogP contribution in [0.25, 0.3) is 0 Å². The van der Waals surface area contributed by atoms with E-state index in [4.69, 9.17) is 16.7 Å². The smallest absolute Gasteiger partial charge is 0.323 e. The highest BCUT2D eigenvalue weighted by atomic mass is 35.5. The van der Waals surface area contributed by atoms with Crippen LogP contribution in [0.3, 0.4) is 0 Å². The molecule has 6 heteroatoms. The van der Waals surface area contributed by atoms with Crippen LogP contribution in [0.5, 0.6) is 0 Å². The zero-order valence-corrected chi connectivity index (χ0v) is 13.3. The molecule has 0 heterocycles. The van der Waals surface area contributed by atoms with Crippen LogP contribution in [0.4, 0.5) is 4.79 Å². The van der Waals surface area contributed by atoms with Crippen molar-refractivity contribution in [3.8, 4) is 0 Å². The Balaban J connectivity index is 2.83. The van der Waals surface area contributed by atoms with E-state index in [2.05, 4.69) is 0 Å². The normalized spacial score (nSPS) is 11.8. The Kier molecular flexibility index (Phi) is 6.49. The summed E-state index contributed by atoms with van der Waals surface area (Å²) in [5, 5.41) is 9.55. The van der Waals surface area contributed by atoms with Crippen LogP contribution >= 0.6 is 11.6 Å². The molecule has 2 amide bonds. The van der Waals surface area contributed by atoms with Crippen molar-refractivity contribution >= 4 is 23.6 Å². The van der Waals surface area contributed by atoms with Crippen molar-refractivity contribution in [2.75, 3.05) is 13.6 Å². The zero-order chi connectivity index (χ0) is 16.0. The highest BCUT2D eigenvalue weighted by Crippen LogP contribution is 2.17. The number of carbonyl (C=O) groups excluding carboxylic acids is 1. The van der Waals surface area contributed by atoms with Crippen molar-refractivity contribution in [2.24, 2.45) is 0 Å². The van der Waals surface area contributed by atoms with E-state index in [1.807, 2.05) is 32.0 Å². The summed E-state index contributed by atoms with van der Waals surface area (Å²) in [6.45, 7) is 3.79. The summed E-state index contributed by atoms with van der Waals surface area (Å²) >= 11 is 6.08. The number of aliphatic carboxylic acids is 1. The molecule has 21 heavy (non-hydrogen) atoms. The Morgan fingerprint density at radius 3 is 2.48 bits per heavy atom. The summed E-state index contributed by atoms with van der Waals surface area (Å²) in [6.07, 6.45) is 0.693. The lowest BCUT2D eigenvalue weighted by Crippen LogP contribution is -2.47. The molecule has 1 aromatic carbocycles. The van der Waals surface area contributed by atoms with Crippen LogP contribution < -0.4 is 0 Å². The van der Waals surface area contributed by atoms with Gasteiger partial charge < -0.3 is 14.9 Å². The van der Waals surface area contributed by atoms with Gasteiger partial charge in [-0.3, -0.25) is 4.79 Å². The molecule has 1 N–H and O–H groups in total. The van der Waals surface area contributed by atoms with E-state index in [9.17, 15) is 9.59 Å². The topological polar surface area (TPSA) is 60.9 Å². The first-order valence-electron chi connectivity index (χ1n) is 6.83. The van der Waals surface area contributed by atoms with Crippen LogP contribution in [-0.4, -0.2) is 46.5 Å².